The third-order valence-electron chi connectivity index (χ3n) is 12.5. The topological polar surface area (TPSA) is 71.2 Å². The molecule has 6 rings (SSSR count). The van der Waals surface area contributed by atoms with Crippen molar-refractivity contribution in [2.75, 3.05) is 6.16 Å². The van der Waals surface area contributed by atoms with E-state index in [9.17, 15) is 10.2 Å². The van der Waals surface area contributed by atoms with Crippen molar-refractivity contribution < 1.29 is 10.2 Å². The number of rotatable bonds is 15. The Labute approximate surface area is 285 Å². The van der Waals surface area contributed by atoms with Crippen molar-refractivity contribution in [1.29, 1.82) is 0 Å². The molecule has 0 unspecified atom stereocenters. The maximum absolute atomic E-state index is 10.6. The van der Waals surface area contributed by atoms with Gasteiger partial charge in [0, 0.05) is 0 Å². The van der Waals surface area contributed by atoms with Crippen molar-refractivity contribution >= 4 is 7.26 Å². The SMILES string of the molecule is Oc1ccccc1-c1nc(-c2ccccc2O)n(CCCCCCCCC[PH](C2CCCCC2)(C2CCCCC2)C2CCCCC2)n1. The van der Waals surface area contributed by atoms with Gasteiger partial charge >= 0.3 is 210 Å². The van der Waals surface area contributed by atoms with E-state index in [1.807, 2.05) is 41.1 Å². The van der Waals surface area contributed by atoms with Crippen molar-refractivity contribution in [3.05, 3.63) is 48.5 Å². The third kappa shape index (κ3) is 8.44. The van der Waals surface area contributed by atoms with Crippen LogP contribution in [0.3, 0.4) is 0 Å². The molecule has 3 aliphatic carbocycles. The van der Waals surface area contributed by atoms with Crippen LogP contribution < -0.4 is 0 Å². The second-order valence-corrected chi connectivity index (χ2v) is 20.5. The molecule has 0 aliphatic heterocycles. The predicted molar refractivity (Wildman–Crippen MR) is 200 cm³/mol. The number of hydrogen-bond acceptors (Lipinski definition) is 4. The van der Waals surface area contributed by atoms with Gasteiger partial charge in [-0.25, -0.2) is 0 Å². The number of benzene rings is 2. The molecule has 5 nitrogen and oxygen atoms in total. The molecule has 2 N–H and O–H groups in total. The van der Waals surface area contributed by atoms with Crippen molar-refractivity contribution in [2.24, 2.45) is 0 Å². The van der Waals surface area contributed by atoms with Crippen molar-refractivity contribution in [2.45, 2.75) is 165 Å². The number of hydrogen-bond donors (Lipinski definition) is 2. The van der Waals surface area contributed by atoms with E-state index in [1.165, 1.54) is 96.3 Å². The zero-order valence-electron chi connectivity index (χ0n) is 29.1. The second-order valence-electron chi connectivity index (χ2n) is 15.4. The molecule has 0 atom stereocenters. The summed E-state index contributed by atoms with van der Waals surface area (Å²) < 4.78 is 1.92. The van der Waals surface area contributed by atoms with Crippen LogP contribution in [-0.4, -0.2) is 48.1 Å². The van der Waals surface area contributed by atoms with E-state index < -0.39 is 7.26 Å². The van der Waals surface area contributed by atoms with E-state index in [0.29, 0.717) is 22.8 Å². The number of aromatic hydroxyl groups is 2. The number of phenolic OH excluding ortho intramolecular Hbond substituents is 2. The molecule has 1 aromatic heterocycles. The van der Waals surface area contributed by atoms with Gasteiger partial charge in [0.25, 0.3) is 0 Å². The number of nitrogens with zero attached hydrogens (tertiary/aromatic N) is 3. The van der Waals surface area contributed by atoms with E-state index in [2.05, 4.69) is 0 Å². The Balaban J connectivity index is 1.01. The zero-order valence-corrected chi connectivity index (χ0v) is 30.1. The first-order valence-corrected chi connectivity index (χ1v) is 22.1. The van der Waals surface area contributed by atoms with Crippen LogP contribution in [0, 0.1) is 0 Å². The van der Waals surface area contributed by atoms with Crippen molar-refractivity contribution in [3.8, 4) is 34.3 Å². The fourth-order valence-electron chi connectivity index (χ4n) is 10.2. The fraction of sp³-hybridized carbons (Fsp3) is 0.659. The standard InChI is InChI=1S/C41H62N3O2P/c45-38-29-17-15-27-36(38)40-42-41(37-28-16-18-30-39(37)46)44(43-40)31-19-4-2-1-3-5-20-32-47(33-21-9-6-10-22-33,34-23-11-7-12-24-34)35-25-13-8-14-26-35/h15-18,27-30,33-35,45-47H,1-14,19-26,31-32H2. The molecule has 47 heavy (non-hydrogen) atoms. The summed E-state index contributed by atoms with van der Waals surface area (Å²) in [5.74, 6) is 1.52. The molecular formula is C41H62N3O2P. The molecule has 0 amide bonds. The molecule has 3 aromatic rings. The van der Waals surface area contributed by atoms with E-state index in [0.717, 1.165) is 29.9 Å². The second kappa shape index (κ2) is 17.3. The number of para-hydroxylation sites is 2. The average molecular weight is 660 g/mol. The normalized spacial score (nSPS) is 19.2. The Morgan fingerprint density at radius 3 is 1.51 bits per heavy atom. The summed E-state index contributed by atoms with van der Waals surface area (Å²) in [5.41, 5.74) is 4.73. The third-order valence-corrected chi connectivity index (χ3v) is 20.0. The first kappa shape index (κ1) is 34.5. The Morgan fingerprint density at radius 2 is 1.00 bits per heavy atom. The molecule has 0 saturated heterocycles. The predicted octanol–water partition coefficient (Wildman–Crippen LogP) is 11.5. The molecule has 3 fully saturated rings. The van der Waals surface area contributed by atoms with E-state index in [1.54, 1.807) is 56.8 Å². The van der Waals surface area contributed by atoms with Crippen LogP contribution in [0.2, 0.25) is 0 Å². The molecular weight excluding hydrogens is 597 g/mol. The van der Waals surface area contributed by atoms with Gasteiger partial charge in [0.2, 0.25) is 0 Å². The number of unbranched alkanes of at least 4 members (excludes halogenated alkanes) is 6. The average Bonchev–Trinajstić information content (AvgIpc) is 3.54. The van der Waals surface area contributed by atoms with Gasteiger partial charge in [-0.15, -0.1) is 0 Å². The first-order chi connectivity index (χ1) is 23.2. The van der Waals surface area contributed by atoms with Gasteiger partial charge in [-0.3, -0.25) is 0 Å². The molecule has 0 bridgehead atoms. The molecule has 2 aromatic carbocycles. The molecule has 0 spiro atoms. The summed E-state index contributed by atoms with van der Waals surface area (Å²) in [4.78, 5) is 4.78. The molecule has 1 heterocycles. The molecule has 3 saturated carbocycles. The summed E-state index contributed by atoms with van der Waals surface area (Å²) in [5, 5.41) is 25.8. The van der Waals surface area contributed by atoms with Crippen molar-refractivity contribution in [3.63, 3.8) is 0 Å². The zero-order chi connectivity index (χ0) is 32.3. The van der Waals surface area contributed by atoms with Gasteiger partial charge in [-0.2, -0.15) is 0 Å². The summed E-state index contributed by atoms with van der Waals surface area (Å²) in [7, 11) is -1.32. The summed E-state index contributed by atoms with van der Waals surface area (Å²) in [6.45, 7) is 0.753. The number of aromatic nitrogens is 3. The minimum absolute atomic E-state index is 0.171. The van der Waals surface area contributed by atoms with Gasteiger partial charge in [0.1, 0.15) is 11.5 Å². The first-order valence-electron chi connectivity index (χ1n) is 19.7. The van der Waals surface area contributed by atoms with Crippen LogP contribution in [0.4, 0.5) is 0 Å². The number of phenols is 2. The quantitative estimate of drug-likeness (QED) is 0.126. The summed E-state index contributed by atoms with van der Waals surface area (Å²) in [6.07, 6.45) is 34.0. The van der Waals surface area contributed by atoms with Crippen LogP contribution in [-0.2, 0) is 6.54 Å². The van der Waals surface area contributed by atoms with Crippen molar-refractivity contribution in [1.82, 2.24) is 14.8 Å². The van der Waals surface area contributed by atoms with Crippen LogP contribution >= 0.6 is 7.26 Å². The summed E-state index contributed by atoms with van der Waals surface area (Å²) >= 11 is 0. The van der Waals surface area contributed by atoms with Crippen LogP contribution in [0.1, 0.15) is 141 Å². The van der Waals surface area contributed by atoms with Crippen LogP contribution in [0.15, 0.2) is 48.5 Å². The molecule has 6 heteroatoms. The van der Waals surface area contributed by atoms with Gasteiger partial charge in [-0.05, 0) is 24.3 Å². The van der Waals surface area contributed by atoms with Crippen LogP contribution in [0.5, 0.6) is 11.5 Å². The van der Waals surface area contributed by atoms with Gasteiger partial charge in [-0.1, -0.05) is 24.3 Å². The summed E-state index contributed by atoms with van der Waals surface area (Å²) in [6, 6.07) is 14.5. The Bertz CT molecular complexity index is 1320. The molecule has 3 aliphatic rings. The molecule has 258 valence electrons. The molecule has 0 radical (unpaired) electrons. The fourth-order valence-corrected chi connectivity index (χ4v) is 18.8. The van der Waals surface area contributed by atoms with Gasteiger partial charge < -0.3 is 10.2 Å². The Kier molecular flexibility index (Phi) is 12.7. The van der Waals surface area contributed by atoms with E-state index in [4.69, 9.17) is 10.1 Å². The number of aryl methyl sites for hydroxylation is 1. The minimum atomic E-state index is -1.32. The van der Waals surface area contributed by atoms with Gasteiger partial charge in [0.05, 0.1) is 5.56 Å². The van der Waals surface area contributed by atoms with Crippen LogP contribution in [0.25, 0.3) is 22.8 Å². The Hall–Kier alpha value is -2.39. The monoisotopic (exact) mass is 659 g/mol. The van der Waals surface area contributed by atoms with E-state index in [-0.39, 0.29) is 11.5 Å². The maximum atomic E-state index is 10.6. The van der Waals surface area contributed by atoms with Gasteiger partial charge in [0.15, 0.2) is 0 Å². The van der Waals surface area contributed by atoms with E-state index >= 15 is 0 Å². The Morgan fingerprint density at radius 1 is 0.553 bits per heavy atom.